The Morgan fingerprint density at radius 2 is 1.80 bits per heavy atom. The van der Waals surface area contributed by atoms with Crippen molar-refractivity contribution in [3.8, 4) is 5.75 Å². The summed E-state index contributed by atoms with van der Waals surface area (Å²) >= 11 is 11.8. The summed E-state index contributed by atoms with van der Waals surface area (Å²) in [6, 6.07) is 13.9. The van der Waals surface area contributed by atoms with E-state index in [2.05, 4.69) is 5.32 Å². The van der Waals surface area contributed by atoms with E-state index in [1.807, 2.05) is 6.07 Å². The van der Waals surface area contributed by atoms with Gasteiger partial charge in [-0.25, -0.2) is 0 Å². The molecule has 2 aromatic carbocycles. The zero-order chi connectivity index (χ0) is 18.1. The predicted molar refractivity (Wildman–Crippen MR) is 97.2 cm³/mol. The first-order valence-corrected chi connectivity index (χ1v) is 8.38. The highest BCUT2D eigenvalue weighted by Crippen LogP contribution is 2.27. The Morgan fingerprint density at radius 3 is 2.52 bits per heavy atom. The summed E-state index contributed by atoms with van der Waals surface area (Å²) in [5.41, 5.74) is 0.650. The van der Waals surface area contributed by atoms with Crippen LogP contribution in [0.5, 0.6) is 5.75 Å². The maximum atomic E-state index is 11.7. The average Bonchev–Trinajstić information content (AvgIpc) is 2.59. The molecule has 0 bridgehead atoms. The van der Waals surface area contributed by atoms with E-state index in [4.69, 9.17) is 32.7 Å². The van der Waals surface area contributed by atoms with Crippen LogP contribution in [0.1, 0.15) is 12.8 Å². The van der Waals surface area contributed by atoms with Crippen molar-refractivity contribution >= 4 is 40.8 Å². The van der Waals surface area contributed by atoms with Crippen molar-refractivity contribution in [2.45, 2.75) is 12.8 Å². The number of benzene rings is 2. The first kappa shape index (κ1) is 19.1. The van der Waals surface area contributed by atoms with Crippen LogP contribution >= 0.6 is 23.2 Å². The standard InChI is InChI=1S/C18H17Cl2NO4/c19-13-8-9-16(15(20)11-13)24-10-4-7-18(23)25-12-17(22)21-14-5-2-1-3-6-14/h1-3,5-6,8-9,11H,4,7,10,12H2,(H,21,22). The molecule has 0 radical (unpaired) electrons. The quantitative estimate of drug-likeness (QED) is 0.545. The van der Waals surface area contributed by atoms with Gasteiger partial charge in [-0.1, -0.05) is 41.4 Å². The number of ether oxygens (including phenoxy) is 2. The maximum Gasteiger partial charge on any atom is 0.306 e. The molecule has 0 heterocycles. The molecule has 0 aliphatic rings. The monoisotopic (exact) mass is 381 g/mol. The molecular formula is C18H17Cl2NO4. The van der Waals surface area contributed by atoms with Gasteiger partial charge in [0.25, 0.3) is 5.91 Å². The van der Waals surface area contributed by atoms with Crippen LogP contribution in [0, 0.1) is 0 Å². The van der Waals surface area contributed by atoms with Crippen LogP contribution in [-0.2, 0) is 14.3 Å². The van der Waals surface area contributed by atoms with Gasteiger partial charge >= 0.3 is 5.97 Å². The van der Waals surface area contributed by atoms with E-state index in [9.17, 15) is 9.59 Å². The van der Waals surface area contributed by atoms with Crippen LogP contribution in [0.4, 0.5) is 5.69 Å². The molecule has 0 unspecified atom stereocenters. The smallest absolute Gasteiger partial charge is 0.306 e. The number of para-hydroxylation sites is 1. The molecule has 2 rings (SSSR count). The zero-order valence-corrected chi connectivity index (χ0v) is 14.8. The van der Waals surface area contributed by atoms with Crippen LogP contribution in [0.15, 0.2) is 48.5 Å². The molecule has 0 spiro atoms. The molecule has 2 aromatic rings. The van der Waals surface area contributed by atoms with Crippen LogP contribution in [-0.4, -0.2) is 25.1 Å². The molecule has 0 aliphatic heterocycles. The second-order valence-corrected chi connectivity index (χ2v) is 5.95. The first-order chi connectivity index (χ1) is 12.0. The molecule has 25 heavy (non-hydrogen) atoms. The van der Waals surface area contributed by atoms with E-state index in [-0.39, 0.29) is 18.9 Å². The lowest BCUT2D eigenvalue weighted by molar-refractivity contribution is -0.147. The Bertz CT molecular complexity index is 722. The average molecular weight is 382 g/mol. The maximum absolute atomic E-state index is 11.7. The molecule has 1 N–H and O–H groups in total. The number of halogens is 2. The summed E-state index contributed by atoms with van der Waals surface area (Å²) in [7, 11) is 0. The fraction of sp³-hybridized carbons (Fsp3) is 0.222. The Kier molecular flexibility index (Phi) is 7.57. The Hall–Kier alpha value is -2.24. The van der Waals surface area contributed by atoms with Crippen molar-refractivity contribution in [1.29, 1.82) is 0 Å². The highest BCUT2D eigenvalue weighted by atomic mass is 35.5. The lowest BCUT2D eigenvalue weighted by Crippen LogP contribution is -2.21. The van der Waals surface area contributed by atoms with Crippen molar-refractivity contribution < 1.29 is 19.1 Å². The fourth-order valence-electron chi connectivity index (χ4n) is 1.93. The van der Waals surface area contributed by atoms with Gasteiger partial charge in [-0.3, -0.25) is 9.59 Å². The minimum atomic E-state index is -0.464. The van der Waals surface area contributed by atoms with Gasteiger partial charge < -0.3 is 14.8 Å². The third-order valence-corrected chi connectivity index (χ3v) is 3.63. The van der Waals surface area contributed by atoms with Crippen molar-refractivity contribution in [3.63, 3.8) is 0 Å². The van der Waals surface area contributed by atoms with Gasteiger partial charge in [-0.15, -0.1) is 0 Å². The minimum Gasteiger partial charge on any atom is -0.492 e. The van der Waals surface area contributed by atoms with Crippen molar-refractivity contribution in [1.82, 2.24) is 0 Å². The molecule has 5 nitrogen and oxygen atoms in total. The summed E-state index contributed by atoms with van der Waals surface area (Å²) in [6.07, 6.45) is 0.585. The van der Waals surface area contributed by atoms with Crippen LogP contribution in [0.3, 0.4) is 0 Å². The highest BCUT2D eigenvalue weighted by Gasteiger charge is 2.08. The summed E-state index contributed by atoms with van der Waals surface area (Å²) in [5, 5.41) is 3.56. The van der Waals surface area contributed by atoms with E-state index in [1.165, 1.54) is 0 Å². The molecular weight excluding hydrogens is 365 g/mol. The van der Waals surface area contributed by atoms with Crippen molar-refractivity contribution in [2.24, 2.45) is 0 Å². The topological polar surface area (TPSA) is 64.6 Å². The Labute approximate surface area is 155 Å². The van der Waals surface area contributed by atoms with E-state index in [0.29, 0.717) is 34.5 Å². The Balaban J connectivity index is 1.61. The lowest BCUT2D eigenvalue weighted by Gasteiger charge is -2.08. The first-order valence-electron chi connectivity index (χ1n) is 7.63. The number of esters is 1. The summed E-state index contributed by atoms with van der Waals surface area (Å²) in [4.78, 5) is 23.3. The minimum absolute atomic E-state index is 0.143. The largest absolute Gasteiger partial charge is 0.492 e. The molecule has 0 saturated heterocycles. The van der Waals surface area contributed by atoms with Gasteiger partial charge in [0.15, 0.2) is 6.61 Å². The molecule has 0 aliphatic carbocycles. The number of hydrogen-bond acceptors (Lipinski definition) is 4. The van der Waals surface area contributed by atoms with Gasteiger partial charge in [0, 0.05) is 17.1 Å². The van der Waals surface area contributed by atoms with Crippen molar-refractivity contribution in [2.75, 3.05) is 18.5 Å². The van der Waals surface area contributed by atoms with Crippen molar-refractivity contribution in [3.05, 3.63) is 58.6 Å². The second-order valence-electron chi connectivity index (χ2n) is 5.10. The fourth-order valence-corrected chi connectivity index (χ4v) is 2.39. The van der Waals surface area contributed by atoms with Crippen LogP contribution < -0.4 is 10.1 Å². The molecule has 0 atom stereocenters. The van der Waals surface area contributed by atoms with Crippen LogP contribution in [0.2, 0.25) is 10.0 Å². The summed E-state index contributed by atoms with van der Waals surface area (Å²) < 4.78 is 10.4. The number of amides is 1. The van der Waals surface area contributed by atoms with Gasteiger partial charge in [0.05, 0.1) is 11.6 Å². The SMILES string of the molecule is O=C(COC(=O)CCCOc1ccc(Cl)cc1Cl)Nc1ccccc1. The molecule has 0 fully saturated rings. The number of hydrogen-bond donors (Lipinski definition) is 1. The molecule has 7 heteroatoms. The Morgan fingerprint density at radius 1 is 1.04 bits per heavy atom. The van der Waals surface area contributed by atoms with E-state index < -0.39 is 5.97 Å². The number of nitrogens with one attached hydrogen (secondary N) is 1. The van der Waals surface area contributed by atoms with Gasteiger partial charge in [-0.2, -0.15) is 0 Å². The molecule has 0 aromatic heterocycles. The van der Waals surface area contributed by atoms with Gasteiger partial charge in [-0.05, 0) is 36.8 Å². The number of anilines is 1. The second kappa shape index (κ2) is 9.91. The predicted octanol–water partition coefficient (Wildman–Crippen LogP) is 4.33. The third kappa shape index (κ3) is 7.03. The molecule has 132 valence electrons. The van der Waals surface area contributed by atoms with Crippen LogP contribution in [0.25, 0.3) is 0 Å². The lowest BCUT2D eigenvalue weighted by atomic mass is 10.3. The zero-order valence-electron chi connectivity index (χ0n) is 13.3. The normalized spacial score (nSPS) is 10.2. The number of carbonyl (C=O) groups is 2. The molecule has 1 amide bonds. The van der Waals surface area contributed by atoms with E-state index >= 15 is 0 Å². The van der Waals surface area contributed by atoms with E-state index in [0.717, 1.165) is 0 Å². The highest BCUT2D eigenvalue weighted by molar-refractivity contribution is 6.35. The number of rotatable bonds is 8. The summed E-state index contributed by atoms with van der Waals surface area (Å²) in [5.74, 6) is -0.348. The molecule has 0 saturated carbocycles. The number of carbonyl (C=O) groups excluding carboxylic acids is 2. The van der Waals surface area contributed by atoms with Gasteiger partial charge in [0.1, 0.15) is 5.75 Å². The third-order valence-electron chi connectivity index (χ3n) is 3.10. The summed E-state index contributed by atoms with van der Waals surface area (Å²) in [6.45, 7) is -0.0236. The van der Waals surface area contributed by atoms with E-state index in [1.54, 1.807) is 42.5 Å². The van der Waals surface area contributed by atoms with Gasteiger partial charge in [0.2, 0.25) is 0 Å².